The molecular weight excluding hydrogens is 433 g/mol. The predicted octanol–water partition coefficient (Wildman–Crippen LogP) is 4.78. The topological polar surface area (TPSA) is 79.8 Å². The van der Waals surface area contributed by atoms with Gasteiger partial charge >= 0.3 is 0 Å². The average Bonchev–Trinajstić information content (AvgIpc) is 2.80. The maximum atomic E-state index is 13.7. The number of amides is 2. The highest BCUT2D eigenvalue weighted by molar-refractivity contribution is 6.30. The Kier molecular flexibility index (Phi) is 7.94. The van der Waals surface area contributed by atoms with Gasteiger partial charge in [-0.05, 0) is 48.9 Å². The number of rotatable bonds is 8. The van der Waals surface area contributed by atoms with Crippen LogP contribution in [0.3, 0.4) is 0 Å². The first-order valence-corrected chi connectivity index (χ1v) is 10.2. The van der Waals surface area contributed by atoms with E-state index in [1.54, 1.807) is 30.3 Å². The predicted molar refractivity (Wildman–Crippen MR) is 122 cm³/mol. The van der Waals surface area contributed by atoms with E-state index in [2.05, 4.69) is 15.8 Å². The normalized spacial score (nSPS) is 11.7. The van der Waals surface area contributed by atoms with E-state index in [9.17, 15) is 14.0 Å². The summed E-state index contributed by atoms with van der Waals surface area (Å²) in [5, 5.41) is 6.96. The molecule has 3 aromatic carbocycles. The molecule has 0 spiro atoms. The number of hydrogen-bond acceptors (Lipinski definition) is 4. The lowest BCUT2D eigenvalue weighted by atomic mass is 10.1. The number of carbonyl (C=O) groups excluding carboxylic acids is 2. The van der Waals surface area contributed by atoms with E-state index in [0.29, 0.717) is 22.9 Å². The molecule has 1 atom stereocenters. The number of hydrogen-bond donors (Lipinski definition) is 2. The molecule has 6 nitrogen and oxygen atoms in total. The second-order valence-electron chi connectivity index (χ2n) is 6.88. The van der Waals surface area contributed by atoms with Gasteiger partial charge in [-0.1, -0.05) is 48.0 Å². The van der Waals surface area contributed by atoms with E-state index in [1.165, 1.54) is 31.3 Å². The van der Waals surface area contributed by atoms with Crippen LogP contribution in [0, 0.1) is 11.7 Å². The third-order valence-corrected chi connectivity index (χ3v) is 4.78. The number of nitrogens with one attached hydrogen (secondary N) is 2. The summed E-state index contributed by atoms with van der Waals surface area (Å²) < 4.78 is 19.5. The molecule has 0 radical (unpaired) electrons. The van der Waals surface area contributed by atoms with Gasteiger partial charge < -0.3 is 10.1 Å². The molecule has 0 saturated heterocycles. The molecule has 0 aliphatic heterocycles. The molecule has 2 N–H and O–H groups in total. The Morgan fingerprint density at radius 2 is 1.72 bits per heavy atom. The highest BCUT2D eigenvalue weighted by Crippen LogP contribution is 2.18. The van der Waals surface area contributed by atoms with Crippen molar-refractivity contribution in [2.24, 2.45) is 11.0 Å². The number of benzene rings is 3. The van der Waals surface area contributed by atoms with E-state index in [-0.39, 0.29) is 5.69 Å². The standard InChI is InChI=1S/C24H21ClFN3O3/c1-16(23(30)28-21-8-4-3-7-20(21)26)24(31)29-27-14-18-6-2-5-9-22(18)32-15-17-10-12-19(25)13-11-17/h2-14,16H,15H2,1H3,(H,28,30)(H,29,31). The van der Waals surface area contributed by atoms with Gasteiger partial charge in [-0.15, -0.1) is 0 Å². The number of para-hydroxylation sites is 2. The maximum absolute atomic E-state index is 13.7. The average molecular weight is 454 g/mol. The van der Waals surface area contributed by atoms with Crippen molar-refractivity contribution in [1.29, 1.82) is 0 Å². The van der Waals surface area contributed by atoms with Crippen molar-refractivity contribution < 1.29 is 18.7 Å². The minimum Gasteiger partial charge on any atom is -0.488 e. The van der Waals surface area contributed by atoms with Crippen LogP contribution in [0.2, 0.25) is 5.02 Å². The van der Waals surface area contributed by atoms with Crippen molar-refractivity contribution in [1.82, 2.24) is 5.43 Å². The zero-order valence-corrected chi connectivity index (χ0v) is 18.0. The van der Waals surface area contributed by atoms with E-state index < -0.39 is 23.5 Å². The van der Waals surface area contributed by atoms with Gasteiger partial charge in [0.25, 0.3) is 5.91 Å². The fraction of sp³-hybridized carbons (Fsp3) is 0.125. The van der Waals surface area contributed by atoms with Gasteiger partial charge in [-0.3, -0.25) is 9.59 Å². The summed E-state index contributed by atoms with van der Waals surface area (Å²) in [6, 6.07) is 20.2. The van der Waals surface area contributed by atoms with Crippen molar-refractivity contribution in [3.63, 3.8) is 0 Å². The summed E-state index contributed by atoms with van der Waals surface area (Å²) in [5.74, 6) is -2.36. The van der Waals surface area contributed by atoms with Crippen LogP contribution in [-0.2, 0) is 16.2 Å². The number of ether oxygens (including phenoxy) is 1. The SMILES string of the molecule is CC(C(=O)NN=Cc1ccccc1OCc1ccc(Cl)cc1)C(=O)Nc1ccccc1F. The molecular formula is C24H21ClFN3O3. The summed E-state index contributed by atoms with van der Waals surface area (Å²) in [7, 11) is 0. The molecule has 0 bridgehead atoms. The summed E-state index contributed by atoms with van der Waals surface area (Å²) in [6.07, 6.45) is 1.43. The minimum atomic E-state index is -1.08. The quantitative estimate of drug-likeness (QED) is 0.292. The van der Waals surface area contributed by atoms with Crippen LogP contribution in [-0.4, -0.2) is 18.0 Å². The van der Waals surface area contributed by atoms with E-state index in [0.717, 1.165) is 5.56 Å². The van der Waals surface area contributed by atoms with Crippen molar-refractivity contribution in [2.75, 3.05) is 5.32 Å². The van der Waals surface area contributed by atoms with Crippen molar-refractivity contribution in [2.45, 2.75) is 13.5 Å². The molecule has 0 saturated carbocycles. The zero-order valence-electron chi connectivity index (χ0n) is 17.2. The number of anilines is 1. The number of halogens is 2. The maximum Gasteiger partial charge on any atom is 0.252 e. The first-order chi connectivity index (χ1) is 15.4. The largest absolute Gasteiger partial charge is 0.488 e. The zero-order chi connectivity index (χ0) is 22.9. The molecule has 3 aromatic rings. The number of nitrogens with zero attached hydrogens (tertiary/aromatic N) is 1. The third-order valence-electron chi connectivity index (χ3n) is 4.52. The van der Waals surface area contributed by atoms with Crippen LogP contribution in [0.25, 0.3) is 0 Å². The van der Waals surface area contributed by atoms with Crippen LogP contribution in [0.5, 0.6) is 5.75 Å². The van der Waals surface area contributed by atoms with Crippen LogP contribution in [0.4, 0.5) is 10.1 Å². The smallest absolute Gasteiger partial charge is 0.252 e. The molecule has 32 heavy (non-hydrogen) atoms. The molecule has 1 unspecified atom stereocenters. The molecule has 0 aliphatic carbocycles. The molecule has 8 heteroatoms. The fourth-order valence-electron chi connectivity index (χ4n) is 2.65. The highest BCUT2D eigenvalue weighted by atomic mass is 35.5. The van der Waals surface area contributed by atoms with E-state index in [4.69, 9.17) is 16.3 Å². The third kappa shape index (κ3) is 6.39. The van der Waals surface area contributed by atoms with Crippen molar-refractivity contribution in [3.05, 3.63) is 94.8 Å². The van der Waals surface area contributed by atoms with Gasteiger partial charge in [-0.2, -0.15) is 5.10 Å². The van der Waals surface area contributed by atoms with Crippen LogP contribution >= 0.6 is 11.6 Å². The van der Waals surface area contributed by atoms with Crippen LogP contribution in [0.1, 0.15) is 18.1 Å². The molecule has 2 amide bonds. The second kappa shape index (κ2) is 11.1. The fourth-order valence-corrected chi connectivity index (χ4v) is 2.77. The lowest BCUT2D eigenvalue weighted by Crippen LogP contribution is -2.34. The summed E-state index contributed by atoms with van der Waals surface area (Å²) in [5.41, 5.74) is 3.92. The lowest BCUT2D eigenvalue weighted by Gasteiger charge is -2.11. The molecule has 0 heterocycles. The monoisotopic (exact) mass is 453 g/mol. The lowest BCUT2D eigenvalue weighted by molar-refractivity contribution is -0.131. The number of hydrazone groups is 1. The first-order valence-electron chi connectivity index (χ1n) is 9.78. The molecule has 3 rings (SSSR count). The summed E-state index contributed by atoms with van der Waals surface area (Å²) in [4.78, 5) is 24.5. The van der Waals surface area contributed by atoms with Crippen molar-refractivity contribution >= 4 is 35.3 Å². The van der Waals surface area contributed by atoms with Gasteiger partial charge in [-0.25, -0.2) is 9.82 Å². The van der Waals surface area contributed by atoms with Crippen LogP contribution < -0.4 is 15.5 Å². The van der Waals surface area contributed by atoms with Gasteiger partial charge in [0.05, 0.1) is 11.9 Å². The molecule has 0 aliphatic rings. The van der Waals surface area contributed by atoms with E-state index >= 15 is 0 Å². The van der Waals surface area contributed by atoms with Gasteiger partial charge in [0.1, 0.15) is 24.1 Å². The Bertz CT molecular complexity index is 1120. The number of carbonyl (C=O) groups is 2. The Labute approximate surface area is 190 Å². The van der Waals surface area contributed by atoms with E-state index in [1.807, 2.05) is 24.3 Å². The van der Waals surface area contributed by atoms with Crippen LogP contribution in [0.15, 0.2) is 77.9 Å². The van der Waals surface area contributed by atoms with Gasteiger partial charge in [0, 0.05) is 10.6 Å². The van der Waals surface area contributed by atoms with Gasteiger partial charge in [0.15, 0.2) is 0 Å². The Morgan fingerprint density at radius 1 is 1.03 bits per heavy atom. The van der Waals surface area contributed by atoms with Crippen molar-refractivity contribution in [3.8, 4) is 5.75 Å². The second-order valence-corrected chi connectivity index (χ2v) is 7.31. The Morgan fingerprint density at radius 3 is 2.47 bits per heavy atom. The molecule has 0 fully saturated rings. The molecule has 0 aromatic heterocycles. The minimum absolute atomic E-state index is 0.00687. The summed E-state index contributed by atoms with van der Waals surface area (Å²) in [6.45, 7) is 1.74. The Hall–Kier alpha value is -3.71. The summed E-state index contributed by atoms with van der Waals surface area (Å²) >= 11 is 5.89. The first kappa shape index (κ1) is 23.0. The highest BCUT2D eigenvalue weighted by Gasteiger charge is 2.22. The van der Waals surface area contributed by atoms with Gasteiger partial charge in [0.2, 0.25) is 5.91 Å². The molecule has 164 valence electrons. The Balaban J connectivity index is 1.56.